The summed E-state index contributed by atoms with van der Waals surface area (Å²) < 4.78 is 0. The molecule has 0 fully saturated rings. The van der Waals surface area contributed by atoms with E-state index in [-0.39, 0.29) is 5.78 Å². The highest BCUT2D eigenvalue weighted by atomic mass is 16.7. The van der Waals surface area contributed by atoms with Crippen LogP contribution in [0.2, 0.25) is 0 Å². The summed E-state index contributed by atoms with van der Waals surface area (Å²) in [5, 5.41) is 0. The molecule has 0 saturated carbocycles. The van der Waals surface area contributed by atoms with E-state index in [1.54, 1.807) is 0 Å². The number of carbonyl (C=O) groups excluding carboxylic acids is 2. The third kappa shape index (κ3) is 7.21. The molecule has 0 spiro atoms. The van der Waals surface area contributed by atoms with E-state index in [2.05, 4.69) is 17.3 Å². The topological polar surface area (TPSA) is 69.4 Å². The molecule has 0 unspecified atom stereocenters. The lowest BCUT2D eigenvalue weighted by atomic mass is 10.1. The Morgan fingerprint density at radius 1 is 1.23 bits per heavy atom. The Morgan fingerprint density at radius 3 is 2.38 bits per heavy atom. The van der Waals surface area contributed by atoms with Crippen molar-refractivity contribution in [3.05, 3.63) is 12.7 Å². The summed E-state index contributed by atoms with van der Waals surface area (Å²) in [5.41, 5.74) is 0. The van der Waals surface area contributed by atoms with Crippen LogP contribution in [0.25, 0.3) is 0 Å². The first-order valence-corrected chi connectivity index (χ1v) is 4.25. The van der Waals surface area contributed by atoms with Gasteiger partial charge >= 0.3 is 5.97 Å². The second-order valence-electron chi connectivity index (χ2n) is 2.72. The van der Waals surface area contributed by atoms with Gasteiger partial charge in [0, 0.05) is 12.8 Å². The Morgan fingerprint density at radius 2 is 1.85 bits per heavy atom. The molecule has 13 heavy (non-hydrogen) atoms. The standard InChI is InChI=1S/C9H15NO3/c1-2-8(11)6-4-3-5-7-9(12)13-10/h2H,1,3-7,10H2. The number of hydrogen-bond donors (Lipinski definition) is 1. The van der Waals surface area contributed by atoms with E-state index in [0.29, 0.717) is 19.3 Å². The van der Waals surface area contributed by atoms with Crippen LogP contribution < -0.4 is 5.90 Å². The minimum Gasteiger partial charge on any atom is -0.373 e. The summed E-state index contributed by atoms with van der Waals surface area (Å²) in [7, 11) is 0. The molecule has 0 aromatic heterocycles. The normalized spacial score (nSPS) is 9.31. The average molecular weight is 185 g/mol. The van der Waals surface area contributed by atoms with Gasteiger partial charge in [0.25, 0.3) is 0 Å². The molecule has 0 atom stereocenters. The highest BCUT2D eigenvalue weighted by molar-refractivity contribution is 5.88. The molecule has 0 saturated heterocycles. The lowest BCUT2D eigenvalue weighted by Gasteiger charge is -1.97. The third-order valence-corrected chi connectivity index (χ3v) is 1.66. The number of allylic oxidation sites excluding steroid dienone is 1. The fourth-order valence-corrected chi connectivity index (χ4v) is 0.906. The predicted octanol–water partition coefficient (Wildman–Crippen LogP) is 1.11. The van der Waals surface area contributed by atoms with E-state index in [4.69, 9.17) is 0 Å². The summed E-state index contributed by atoms with van der Waals surface area (Å²) in [6, 6.07) is 0. The summed E-state index contributed by atoms with van der Waals surface area (Å²) in [5.74, 6) is 4.28. The molecule has 0 rings (SSSR count). The number of nitrogens with two attached hydrogens (primary N) is 1. The zero-order valence-corrected chi connectivity index (χ0v) is 7.62. The van der Waals surface area contributed by atoms with E-state index in [1.807, 2.05) is 0 Å². The van der Waals surface area contributed by atoms with Crippen LogP contribution >= 0.6 is 0 Å². The van der Waals surface area contributed by atoms with Gasteiger partial charge < -0.3 is 4.84 Å². The first-order valence-electron chi connectivity index (χ1n) is 4.25. The lowest BCUT2D eigenvalue weighted by Crippen LogP contribution is -2.09. The number of rotatable bonds is 7. The van der Waals surface area contributed by atoms with Gasteiger partial charge in [0.05, 0.1) is 0 Å². The number of carbonyl (C=O) groups is 2. The molecule has 4 heteroatoms. The van der Waals surface area contributed by atoms with Crippen molar-refractivity contribution in [2.45, 2.75) is 32.1 Å². The van der Waals surface area contributed by atoms with Crippen molar-refractivity contribution < 1.29 is 14.4 Å². The Bertz CT molecular complexity index is 189. The minimum absolute atomic E-state index is 0.0430. The second-order valence-corrected chi connectivity index (χ2v) is 2.72. The Kier molecular flexibility index (Phi) is 6.82. The average Bonchev–Trinajstić information content (AvgIpc) is 2.16. The van der Waals surface area contributed by atoms with E-state index in [9.17, 15) is 9.59 Å². The molecule has 0 aromatic rings. The number of unbranched alkanes of at least 4 members (excludes halogenated alkanes) is 2. The van der Waals surface area contributed by atoms with Crippen LogP contribution in [0.5, 0.6) is 0 Å². The molecular formula is C9H15NO3. The van der Waals surface area contributed by atoms with Crippen molar-refractivity contribution in [3.8, 4) is 0 Å². The van der Waals surface area contributed by atoms with Crippen LogP contribution in [0.15, 0.2) is 12.7 Å². The van der Waals surface area contributed by atoms with Crippen molar-refractivity contribution in [2.24, 2.45) is 5.90 Å². The summed E-state index contributed by atoms with van der Waals surface area (Å²) in [6.07, 6.45) is 4.45. The monoisotopic (exact) mass is 185 g/mol. The molecule has 4 nitrogen and oxygen atoms in total. The van der Waals surface area contributed by atoms with Gasteiger partial charge in [-0.05, 0) is 18.9 Å². The lowest BCUT2D eigenvalue weighted by molar-refractivity contribution is -0.144. The number of hydrogen-bond acceptors (Lipinski definition) is 4. The maximum absolute atomic E-state index is 10.7. The molecule has 0 aliphatic heterocycles. The molecule has 0 aromatic carbocycles. The van der Waals surface area contributed by atoms with Crippen LogP contribution in [0.3, 0.4) is 0 Å². The van der Waals surface area contributed by atoms with E-state index >= 15 is 0 Å². The Hall–Kier alpha value is -1.16. The maximum Gasteiger partial charge on any atom is 0.324 e. The molecule has 2 N–H and O–H groups in total. The fourth-order valence-electron chi connectivity index (χ4n) is 0.906. The molecule has 0 amide bonds. The smallest absolute Gasteiger partial charge is 0.324 e. The van der Waals surface area contributed by atoms with Crippen molar-refractivity contribution in [1.82, 2.24) is 0 Å². The van der Waals surface area contributed by atoms with Crippen LogP contribution in [-0.2, 0) is 14.4 Å². The van der Waals surface area contributed by atoms with Crippen LogP contribution in [-0.4, -0.2) is 11.8 Å². The second kappa shape index (κ2) is 7.49. The first kappa shape index (κ1) is 11.8. The number of ketones is 1. The quantitative estimate of drug-likeness (QED) is 0.366. The van der Waals surface area contributed by atoms with Gasteiger partial charge in [-0.2, -0.15) is 5.90 Å². The molecule has 0 aliphatic carbocycles. The van der Waals surface area contributed by atoms with E-state index in [1.165, 1.54) is 6.08 Å². The van der Waals surface area contributed by atoms with Crippen LogP contribution in [0.1, 0.15) is 32.1 Å². The van der Waals surface area contributed by atoms with Gasteiger partial charge in [-0.3, -0.25) is 9.59 Å². The van der Waals surface area contributed by atoms with Gasteiger partial charge in [-0.1, -0.05) is 13.0 Å². The highest BCUT2D eigenvalue weighted by Crippen LogP contribution is 2.04. The van der Waals surface area contributed by atoms with Gasteiger partial charge in [-0.25, -0.2) is 0 Å². The van der Waals surface area contributed by atoms with Crippen LogP contribution in [0, 0.1) is 0 Å². The minimum atomic E-state index is -0.407. The fraction of sp³-hybridized carbons (Fsp3) is 0.556. The van der Waals surface area contributed by atoms with Gasteiger partial charge in [-0.15, -0.1) is 0 Å². The van der Waals surface area contributed by atoms with E-state index < -0.39 is 5.97 Å². The van der Waals surface area contributed by atoms with Gasteiger partial charge in [0.2, 0.25) is 0 Å². The van der Waals surface area contributed by atoms with Crippen molar-refractivity contribution in [1.29, 1.82) is 0 Å². The van der Waals surface area contributed by atoms with Crippen molar-refractivity contribution >= 4 is 11.8 Å². The zero-order chi connectivity index (χ0) is 10.1. The highest BCUT2D eigenvalue weighted by Gasteiger charge is 2.00. The first-order chi connectivity index (χ1) is 6.20. The zero-order valence-electron chi connectivity index (χ0n) is 7.62. The van der Waals surface area contributed by atoms with Crippen LogP contribution in [0.4, 0.5) is 0 Å². The largest absolute Gasteiger partial charge is 0.373 e. The SMILES string of the molecule is C=CC(=O)CCCCCC(=O)ON. The van der Waals surface area contributed by atoms with Crippen molar-refractivity contribution in [3.63, 3.8) is 0 Å². The molecule has 0 bridgehead atoms. The Balaban J connectivity index is 3.21. The molecule has 0 heterocycles. The molecular weight excluding hydrogens is 170 g/mol. The summed E-state index contributed by atoms with van der Waals surface area (Å²) in [4.78, 5) is 25.2. The Labute approximate surface area is 77.7 Å². The third-order valence-electron chi connectivity index (χ3n) is 1.66. The predicted molar refractivity (Wildman–Crippen MR) is 48.6 cm³/mol. The summed E-state index contributed by atoms with van der Waals surface area (Å²) in [6.45, 7) is 3.36. The van der Waals surface area contributed by atoms with Crippen molar-refractivity contribution in [2.75, 3.05) is 0 Å². The van der Waals surface area contributed by atoms with Gasteiger partial charge in [0.15, 0.2) is 5.78 Å². The maximum atomic E-state index is 10.7. The molecule has 0 radical (unpaired) electrons. The van der Waals surface area contributed by atoms with E-state index in [0.717, 1.165) is 12.8 Å². The van der Waals surface area contributed by atoms with Gasteiger partial charge in [0.1, 0.15) is 0 Å². The molecule has 0 aliphatic rings. The molecule has 74 valence electrons. The summed E-state index contributed by atoms with van der Waals surface area (Å²) >= 11 is 0.